The topological polar surface area (TPSA) is 110 Å². The molecular weight excluding hydrogens is 647 g/mol. The summed E-state index contributed by atoms with van der Waals surface area (Å²) in [6, 6.07) is 18.6. The van der Waals surface area contributed by atoms with Gasteiger partial charge in [0.1, 0.15) is 17.3 Å². The van der Waals surface area contributed by atoms with Gasteiger partial charge < -0.3 is 14.9 Å². The zero-order chi connectivity index (χ0) is 34.1. The maximum atomic E-state index is 14.6. The zero-order valence-electron chi connectivity index (χ0n) is 27.0. The number of morpholine rings is 1. The molecule has 1 saturated heterocycles. The number of aromatic nitrogens is 3. The van der Waals surface area contributed by atoms with Crippen LogP contribution >= 0.6 is 11.6 Å². The van der Waals surface area contributed by atoms with Crippen molar-refractivity contribution in [3.05, 3.63) is 116 Å². The number of phenols is 2. The van der Waals surface area contributed by atoms with E-state index in [1.54, 1.807) is 36.4 Å². The molecule has 11 heteroatoms. The van der Waals surface area contributed by atoms with Crippen molar-refractivity contribution in [3.63, 3.8) is 0 Å². The van der Waals surface area contributed by atoms with Gasteiger partial charge in [0.05, 0.1) is 30.5 Å². The molecule has 5 aromatic rings. The Morgan fingerprint density at radius 3 is 2.51 bits per heavy atom. The number of pyridine rings is 1. The van der Waals surface area contributed by atoms with Gasteiger partial charge in [-0.1, -0.05) is 29.8 Å². The first kappa shape index (κ1) is 33.0. The van der Waals surface area contributed by atoms with Crippen LogP contribution in [0.25, 0.3) is 27.8 Å². The van der Waals surface area contributed by atoms with Crippen LogP contribution in [0, 0.1) is 11.7 Å². The summed E-state index contributed by atoms with van der Waals surface area (Å²) in [4.78, 5) is 34.8. The lowest BCUT2D eigenvalue weighted by Gasteiger charge is -2.30. The van der Waals surface area contributed by atoms with Gasteiger partial charge in [-0.3, -0.25) is 14.3 Å². The first-order valence-electron chi connectivity index (χ1n) is 16.8. The van der Waals surface area contributed by atoms with Crippen molar-refractivity contribution < 1.29 is 19.3 Å². The Balaban J connectivity index is 1.22. The molecule has 0 unspecified atom stereocenters. The van der Waals surface area contributed by atoms with Crippen molar-refractivity contribution in [2.45, 2.75) is 51.1 Å². The Morgan fingerprint density at radius 1 is 0.918 bits per heavy atom. The van der Waals surface area contributed by atoms with Crippen LogP contribution < -0.4 is 11.2 Å². The van der Waals surface area contributed by atoms with Crippen LogP contribution in [0.5, 0.6) is 11.5 Å². The maximum absolute atomic E-state index is 14.6. The summed E-state index contributed by atoms with van der Waals surface area (Å²) in [5.41, 5.74) is 3.01. The smallest absolute Gasteiger partial charge is 0.337 e. The first-order valence-corrected chi connectivity index (χ1v) is 17.2. The Kier molecular flexibility index (Phi) is 9.53. The number of benzene rings is 3. The van der Waals surface area contributed by atoms with E-state index in [4.69, 9.17) is 16.3 Å². The molecule has 2 fully saturated rings. The second-order valence-electron chi connectivity index (χ2n) is 13.1. The third kappa shape index (κ3) is 6.99. The lowest BCUT2D eigenvalue weighted by atomic mass is 9.82. The molecule has 1 aliphatic carbocycles. The molecule has 0 atom stereocenters. The van der Waals surface area contributed by atoms with E-state index in [9.17, 15) is 24.2 Å². The van der Waals surface area contributed by atoms with Crippen molar-refractivity contribution in [3.8, 4) is 28.3 Å². The fourth-order valence-electron chi connectivity index (χ4n) is 7.35. The summed E-state index contributed by atoms with van der Waals surface area (Å²) in [6.07, 6.45) is 5.40. The molecule has 2 aliphatic rings. The number of nitrogens with zero attached hydrogens (tertiary/aromatic N) is 4. The molecule has 1 saturated carbocycles. The fourth-order valence-corrected chi connectivity index (χ4v) is 7.54. The molecule has 7 rings (SSSR count). The predicted octanol–water partition coefficient (Wildman–Crippen LogP) is 6.61. The van der Waals surface area contributed by atoms with E-state index in [-0.39, 0.29) is 28.6 Å². The van der Waals surface area contributed by atoms with Gasteiger partial charge in [0.15, 0.2) is 5.65 Å². The molecule has 9 nitrogen and oxygen atoms in total. The van der Waals surface area contributed by atoms with Gasteiger partial charge in [-0.15, -0.1) is 0 Å². The number of halogens is 2. The largest absolute Gasteiger partial charge is 0.508 e. The summed E-state index contributed by atoms with van der Waals surface area (Å²) in [5, 5.41) is 21.2. The minimum atomic E-state index is -0.653. The molecule has 254 valence electrons. The molecule has 0 amide bonds. The number of aryl methyl sites for hydroxylation is 1. The number of ether oxygens (including phenoxy) is 1. The molecule has 1 aliphatic heterocycles. The average Bonchev–Trinajstić information content (AvgIpc) is 3.10. The second kappa shape index (κ2) is 14.2. The van der Waals surface area contributed by atoms with Crippen LogP contribution in [0.4, 0.5) is 4.39 Å². The average molecular weight is 685 g/mol. The Labute approximate surface area is 287 Å². The Morgan fingerprint density at radius 2 is 1.71 bits per heavy atom. The monoisotopic (exact) mass is 684 g/mol. The second-order valence-corrected chi connectivity index (χ2v) is 13.5. The van der Waals surface area contributed by atoms with E-state index >= 15 is 0 Å². The molecule has 3 aromatic carbocycles. The van der Waals surface area contributed by atoms with Gasteiger partial charge >= 0.3 is 5.69 Å². The number of fused-ring (bicyclic) bond motifs is 1. The van der Waals surface area contributed by atoms with Crippen LogP contribution in [0.3, 0.4) is 0 Å². The molecule has 3 heterocycles. The quantitative estimate of drug-likeness (QED) is 0.189. The number of hydrogen-bond donors (Lipinski definition) is 2. The summed E-state index contributed by atoms with van der Waals surface area (Å²) >= 11 is 6.13. The highest BCUT2D eigenvalue weighted by Crippen LogP contribution is 2.35. The van der Waals surface area contributed by atoms with Crippen LogP contribution in [0.2, 0.25) is 5.02 Å². The summed E-state index contributed by atoms with van der Waals surface area (Å²) in [7, 11) is 0. The van der Waals surface area contributed by atoms with E-state index in [1.807, 2.05) is 24.3 Å². The van der Waals surface area contributed by atoms with Crippen LogP contribution in [-0.2, 0) is 17.7 Å². The van der Waals surface area contributed by atoms with Crippen molar-refractivity contribution in [1.29, 1.82) is 0 Å². The summed E-state index contributed by atoms with van der Waals surface area (Å²) < 4.78 is 22.8. The third-order valence-corrected chi connectivity index (χ3v) is 10.2. The lowest BCUT2D eigenvalue weighted by Crippen LogP contribution is -2.43. The van der Waals surface area contributed by atoms with Gasteiger partial charge in [0.25, 0.3) is 5.56 Å². The van der Waals surface area contributed by atoms with Crippen molar-refractivity contribution >= 4 is 22.6 Å². The molecule has 49 heavy (non-hydrogen) atoms. The van der Waals surface area contributed by atoms with E-state index < -0.39 is 17.1 Å². The van der Waals surface area contributed by atoms with Gasteiger partial charge in [-0.05, 0) is 115 Å². The minimum absolute atomic E-state index is 0.0428. The van der Waals surface area contributed by atoms with Crippen LogP contribution in [0.1, 0.15) is 49.3 Å². The van der Waals surface area contributed by atoms with Gasteiger partial charge in [-0.2, -0.15) is 0 Å². The Hall–Kier alpha value is -4.51. The van der Waals surface area contributed by atoms with E-state index in [0.29, 0.717) is 55.6 Å². The Bertz CT molecular complexity index is 2120. The van der Waals surface area contributed by atoms with Gasteiger partial charge in [-0.25, -0.2) is 18.7 Å². The molecular formula is C38H38ClFN4O5. The maximum Gasteiger partial charge on any atom is 0.337 e. The van der Waals surface area contributed by atoms with Crippen molar-refractivity contribution in [2.75, 3.05) is 26.3 Å². The van der Waals surface area contributed by atoms with E-state index in [0.717, 1.165) is 66.9 Å². The highest BCUT2D eigenvalue weighted by atomic mass is 35.5. The molecule has 2 aromatic heterocycles. The van der Waals surface area contributed by atoms with Crippen LogP contribution in [0.15, 0.2) is 82.5 Å². The summed E-state index contributed by atoms with van der Waals surface area (Å²) in [5.74, 6) is 0.103. The van der Waals surface area contributed by atoms with Crippen molar-refractivity contribution in [1.82, 2.24) is 19.0 Å². The van der Waals surface area contributed by atoms with E-state index in [2.05, 4.69) is 9.88 Å². The first-order chi connectivity index (χ1) is 23.7. The highest BCUT2D eigenvalue weighted by Gasteiger charge is 2.27. The fraction of sp³-hybridized carbons (Fsp3) is 0.342. The highest BCUT2D eigenvalue weighted by molar-refractivity contribution is 6.30. The van der Waals surface area contributed by atoms with E-state index in [1.165, 1.54) is 9.13 Å². The number of phenolic OH excluding ortho intramolecular Hbond substituents is 2. The predicted molar refractivity (Wildman–Crippen MR) is 187 cm³/mol. The summed E-state index contributed by atoms with van der Waals surface area (Å²) in [6.45, 7) is 3.49. The van der Waals surface area contributed by atoms with Gasteiger partial charge in [0, 0.05) is 30.7 Å². The zero-order valence-corrected chi connectivity index (χ0v) is 27.8. The van der Waals surface area contributed by atoms with Gasteiger partial charge in [0.2, 0.25) is 0 Å². The SMILES string of the molecule is O=c1c2cc(F)cnc2n(-c2cccc(-c3ccc(O)cc3CN3CCOCC3)c2)c(=O)n1C1CCC(CCc2cc(Cl)ccc2O)CC1. The molecule has 0 spiro atoms. The van der Waals surface area contributed by atoms with Crippen molar-refractivity contribution in [2.24, 2.45) is 5.92 Å². The lowest BCUT2D eigenvalue weighted by molar-refractivity contribution is 0.0342. The number of rotatable bonds is 8. The number of hydrogen-bond acceptors (Lipinski definition) is 7. The third-order valence-electron chi connectivity index (χ3n) is 9.94. The minimum Gasteiger partial charge on any atom is -0.508 e. The standard InChI is InChI=1S/C38H38ClFN4O5/c39-28-8-13-35(46)26(18-28)7-4-24-5-9-30(10-6-24)44-37(47)34-21-29(40)22-41-36(34)43(38(44)48)31-3-1-2-25(19-31)33-12-11-32(45)20-27(33)23-42-14-16-49-17-15-42/h1-3,8,11-13,18-22,24,30,45-46H,4-7,9-10,14-17,23H2. The number of aromatic hydroxyl groups is 2. The normalized spacial score (nSPS) is 18.6. The molecule has 0 bridgehead atoms. The van der Waals surface area contributed by atoms with Crippen LogP contribution in [-0.4, -0.2) is 55.5 Å². The molecule has 0 radical (unpaired) electrons. The molecule has 2 N–H and O–H groups in total.